The van der Waals surface area contributed by atoms with Crippen LogP contribution in [0.2, 0.25) is 0 Å². The van der Waals surface area contributed by atoms with E-state index in [1.54, 1.807) is 0 Å². The molecule has 0 amide bonds. The maximum absolute atomic E-state index is 11.9. The average molecular weight is 270 g/mol. The maximum atomic E-state index is 11.9. The van der Waals surface area contributed by atoms with E-state index in [9.17, 15) is 8.42 Å². The molecule has 1 aliphatic rings. The van der Waals surface area contributed by atoms with Crippen molar-refractivity contribution >= 4 is 16.0 Å². The summed E-state index contributed by atoms with van der Waals surface area (Å²) in [4.78, 5) is 8.02. The second-order valence-corrected chi connectivity index (χ2v) is 6.19. The highest BCUT2D eigenvalue weighted by molar-refractivity contribution is 7.89. The van der Waals surface area contributed by atoms with Crippen molar-refractivity contribution in [1.82, 2.24) is 14.7 Å². The lowest BCUT2D eigenvalue weighted by atomic mass is 9.86. The topological polar surface area (TPSA) is 84.0 Å². The summed E-state index contributed by atoms with van der Waals surface area (Å²) in [6.07, 6.45) is 6.08. The Morgan fingerprint density at radius 1 is 1.33 bits per heavy atom. The first-order chi connectivity index (χ1) is 8.62. The van der Waals surface area contributed by atoms with Gasteiger partial charge in [0.2, 0.25) is 16.0 Å². The van der Waals surface area contributed by atoms with Crippen molar-refractivity contribution in [3.8, 4) is 0 Å². The number of hydrogen-bond acceptors (Lipinski definition) is 5. The third kappa shape index (κ3) is 3.17. The summed E-state index contributed by atoms with van der Waals surface area (Å²) in [5.74, 6) is 0.928. The van der Waals surface area contributed by atoms with Gasteiger partial charge in [-0.2, -0.15) is 0 Å². The fourth-order valence-electron chi connectivity index (χ4n) is 1.71. The maximum Gasteiger partial charge on any atom is 0.243 e. The molecule has 1 fully saturated rings. The quantitative estimate of drug-likeness (QED) is 0.805. The van der Waals surface area contributed by atoms with E-state index >= 15 is 0 Å². The number of hydrogen-bond donors (Lipinski definition) is 2. The molecule has 1 heterocycles. The predicted molar refractivity (Wildman–Crippen MR) is 68.7 cm³/mol. The van der Waals surface area contributed by atoms with Crippen LogP contribution in [-0.4, -0.2) is 31.5 Å². The average Bonchev–Trinajstić information content (AvgIpc) is 2.28. The molecule has 6 nitrogen and oxygen atoms in total. The Kier molecular flexibility index (Phi) is 4.13. The molecule has 1 aliphatic carbocycles. The molecule has 2 rings (SSSR count). The minimum absolute atomic E-state index is 0.114. The van der Waals surface area contributed by atoms with Gasteiger partial charge in [-0.25, -0.2) is 23.1 Å². The minimum Gasteiger partial charge on any atom is -0.355 e. The lowest BCUT2D eigenvalue weighted by molar-refractivity contribution is 0.316. The lowest BCUT2D eigenvalue weighted by Gasteiger charge is -2.25. The number of aromatic nitrogens is 2. The summed E-state index contributed by atoms with van der Waals surface area (Å²) < 4.78 is 26.5. The number of nitrogens with zero attached hydrogens (tertiary/aromatic N) is 2. The smallest absolute Gasteiger partial charge is 0.243 e. The van der Waals surface area contributed by atoms with Crippen molar-refractivity contribution in [2.75, 3.05) is 18.4 Å². The summed E-state index contributed by atoms with van der Waals surface area (Å²) in [7, 11) is -3.47. The van der Waals surface area contributed by atoms with Crippen molar-refractivity contribution in [2.45, 2.75) is 31.1 Å². The highest BCUT2D eigenvalue weighted by Gasteiger charge is 2.21. The third-order valence-corrected chi connectivity index (χ3v) is 4.44. The normalized spacial score (nSPS) is 16.3. The Morgan fingerprint density at radius 2 is 2.00 bits per heavy atom. The van der Waals surface area contributed by atoms with Gasteiger partial charge in [0.1, 0.15) is 4.90 Å². The number of nitrogens with one attached hydrogen (secondary N) is 2. The van der Waals surface area contributed by atoms with Gasteiger partial charge in [0.15, 0.2) is 0 Å². The van der Waals surface area contributed by atoms with Gasteiger partial charge in [-0.3, -0.25) is 0 Å². The molecule has 0 bridgehead atoms. The molecular weight excluding hydrogens is 252 g/mol. The highest BCUT2D eigenvalue weighted by atomic mass is 32.2. The number of anilines is 1. The van der Waals surface area contributed by atoms with Crippen LogP contribution in [0.3, 0.4) is 0 Å². The SMILES string of the molecule is CCNc1ncc(S(=O)(=O)NCC2CCC2)cn1. The van der Waals surface area contributed by atoms with E-state index in [1.165, 1.54) is 18.8 Å². The summed E-state index contributed by atoms with van der Waals surface area (Å²) in [5, 5.41) is 2.92. The molecule has 0 aliphatic heterocycles. The molecule has 0 saturated heterocycles. The minimum atomic E-state index is -3.47. The monoisotopic (exact) mass is 270 g/mol. The standard InChI is InChI=1S/C11H18N4O2S/c1-2-12-11-13-7-10(8-14-11)18(16,17)15-6-9-4-3-5-9/h7-9,15H,2-6H2,1H3,(H,12,13,14). The molecule has 0 unspecified atom stereocenters. The molecule has 7 heteroatoms. The number of rotatable bonds is 6. The van der Waals surface area contributed by atoms with E-state index in [4.69, 9.17) is 0 Å². The molecule has 0 spiro atoms. The molecular formula is C11H18N4O2S. The van der Waals surface area contributed by atoms with Crippen LogP contribution < -0.4 is 10.0 Å². The zero-order chi connectivity index (χ0) is 13.0. The van der Waals surface area contributed by atoms with Gasteiger partial charge in [0.25, 0.3) is 0 Å². The highest BCUT2D eigenvalue weighted by Crippen LogP contribution is 2.25. The van der Waals surface area contributed by atoms with Crippen LogP contribution >= 0.6 is 0 Å². The Labute approximate surface area is 107 Å². The molecule has 0 atom stereocenters. The second-order valence-electron chi connectivity index (χ2n) is 4.42. The summed E-state index contributed by atoms with van der Waals surface area (Å²) in [5.41, 5.74) is 0. The Hall–Kier alpha value is -1.21. The van der Waals surface area contributed by atoms with Gasteiger partial charge in [-0.05, 0) is 25.7 Å². The van der Waals surface area contributed by atoms with Crippen LogP contribution in [0.4, 0.5) is 5.95 Å². The molecule has 0 aromatic carbocycles. The summed E-state index contributed by atoms with van der Waals surface area (Å²) in [6, 6.07) is 0. The molecule has 1 aromatic rings. The van der Waals surface area contributed by atoms with E-state index in [-0.39, 0.29) is 4.90 Å². The Bertz CT molecular complexity index is 482. The lowest BCUT2D eigenvalue weighted by Crippen LogP contribution is -2.32. The van der Waals surface area contributed by atoms with Gasteiger partial charge in [-0.1, -0.05) is 6.42 Å². The first-order valence-corrected chi connectivity index (χ1v) is 7.65. The van der Waals surface area contributed by atoms with Crippen molar-refractivity contribution in [2.24, 2.45) is 5.92 Å². The number of sulfonamides is 1. The fraction of sp³-hybridized carbons (Fsp3) is 0.636. The van der Waals surface area contributed by atoms with Crippen LogP contribution in [0.1, 0.15) is 26.2 Å². The predicted octanol–water partition coefficient (Wildman–Crippen LogP) is 0.987. The van der Waals surface area contributed by atoms with Gasteiger partial charge >= 0.3 is 0 Å². The zero-order valence-electron chi connectivity index (χ0n) is 10.4. The Morgan fingerprint density at radius 3 is 2.50 bits per heavy atom. The zero-order valence-corrected chi connectivity index (χ0v) is 11.2. The first kappa shape index (κ1) is 13.2. The summed E-state index contributed by atoms with van der Waals surface area (Å²) in [6.45, 7) is 3.14. The van der Waals surface area contributed by atoms with Crippen molar-refractivity contribution < 1.29 is 8.42 Å². The van der Waals surface area contributed by atoms with E-state index in [2.05, 4.69) is 20.0 Å². The molecule has 1 saturated carbocycles. The van der Waals surface area contributed by atoms with E-state index in [0.717, 1.165) is 12.8 Å². The molecule has 2 N–H and O–H groups in total. The molecule has 18 heavy (non-hydrogen) atoms. The molecule has 100 valence electrons. The van der Waals surface area contributed by atoms with Crippen molar-refractivity contribution in [1.29, 1.82) is 0 Å². The van der Waals surface area contributed by atoms with Gasteiger partial charge < -0.3 is 5.32 Å². The van der Waals surface area contributed by atoms with Crippen LogP contribution in [0.15, 0.2) is 17.3 Å². The summed E-state index contributed by atoms with van der Waals surface area (Å²) >= 11 is 0. The largest absolute Gasteiger partial charge is 0.355 e. The van der Waals surface area contributed by atoms with E-state index in [1.807, 2.05) is 6.92 Å². The fourth-order valence-corrected chi connectivity index (χ4v) is 2.72. The Balaban J connectivity index is 1.99. The van der Waals surface area contributed by atoms with Crippen molar-refractivity contribution in [3.63, 3.8) is 0 Å². The van der Waals surface area contributed by atoms with Gasteiger partial charge in [0.05, 0.1) is 12.4 Å². The first-order valence-electron chi connectivity index (χ1n) is 6.17. The van der Waals surface area contributed by atoms with Crippen LogP contribution in [0.25, 0.3) is 0 Å². The van der Waals surface area contributed by atoms with Crippen LogP contribution in [-0.2, 0) is 10.0 Å². The van der Waals surface area contributed by atoms with E-state index in [0.29, 0.717) is 25.0 Å². The van der Waals surface area contributed by atoms with Crippen LogP contribution in [0.5, 0.6) is 0 Å². The van der Waals surface area contributed by atoms with Gasteiger partial charge in [0, 0.05) is 13.1 Å². The van der Waals surface area contributed by atoms with Gasteiger partial charge in [-0.15, -0.1) is 0 Å². The second kappa shape index (κ2) is 5.62. The third-order valence-electron chi connectivity index (χ3n) is 3.06. The van der Waals surface area contributed by atoms with Crippen LogP contribution in [0, 0.1) is 5.92 Å². The molecule has 0 radical (unpaired) electrons. The van der Waals surface area contributed by atoms with Crippen molar-refractivity contribution in [3.05, 3.63) is 12.4 Å². The van der Waals surface area contributed by atoms with E-state index < -0.39 is 10.0 Å². The molecule has 1 aromatic heterocycles.